The summed E-state index contributed by atoms with van der Waals surface area (Å²) in [6.45, 7) is 1.87. The summed E-state index contributed by atoms with van der Waals surface area (Å²) in [5.41, 5.74) is 4.09. The van der Waals surface area contributed by atoms with Crippen molar-refractivity contribution in [1.82, 2.24) is 14.5 Å². The minimum atomic E-state index is -0.243. The summed E-state index contributed by atoms with van der Waals surface area (Å²) in [5.74, 6) is 0.871. The minimum absolute atomic E-state index is 0.0362. The molecular weight excluding hydrogens is 377 g/mol. The number of rotatable bonds is 5. The molecule has 1 amide bonds. The van der Waals surface area contributed by atoms with Crippen LogP contribution in [0, 0.1) is 5.82 Å². The number of halogens is 1. The van der Waals surface area contributed by atoms with Crippen molar-refractivity contribution in [2.75, 3.05) is 6.54 Å². The van der Waals surface area contributed by atoms with Gasteiger partial charge in [-0.1, -0.05) is 54.6 Å². The number of hydrogen-bond acceptors (Lipinski definition) is 2. The molecule has 1 aliphatic heterocycles. The lowest BCUT2D eigenvalue weighted by atomic mass is 10.1. The van der Waals surface area contributed by atoms with Crippen molar-refractivity contribution in [2.24, 2.45) is 0 Å². The molecule has 150 valence electrons. The Hall–Kier alpha value is -3.47. The quantitative estimate of drug-likeness (QED) is 0.486. The van der Waals surface area contributed by atoms with Crippen molar-refractivity contribution >= 4 is 16.9 Å². The first-order chi connectivity index (χ1) is 14.7. The van der Waals surface area contributed by atoms with Crippen LogP contribution >= 0.6 is 0 Å². The van der Waals surface area contributed by atoms with Gasteiger partial charge in [0, 0.05) is 32.0 Å². The zero-order chi connectivity index (χ0) is 20.5. The number of hydrogen-bond donors (Lipinski definition) is 0. The van der Waals surface area contributed by atoms with Crippen molar-refractivity contribution < 1.29 is 9.18 Å². The lowest BCUT2D eigenvalue weighted by Crippen LogP contribution is -2.24. The van der Waals surface area contributed by atoms with Crippen LogP contribution in [0.5, 0.6) is 0 Å². The first kappa shape index (κ1) is 18.6. The zero-order valence-corrected chi connectivity index (χ0v) is 16.5. The van der Waals surface area contributed by atoms with E-state index in [1.165, 1.54) is 12.1 Å². The van der Waals surface area contributed by atoms with Gasteiger partial charge in [0.2, 0.25) is 5.91 Å². The summed E-state index contributed by atoms with van der Waals surface area (Å²) in [6, 6.07) is 24.6. The predicted octanol–water partition coefficient (Wildman–Crippen LogP) is 4.74. The molecule has 30 heavy (non-hydrogen) atoms. The van der Waals surface area contributed by atoms with Crippen molar-refractivity contribution in [3.8, 4) is 0 Å². The molecule has 1 fully saturated rings. The Kier molecular flexibility index (Phi) is 4.79. The molecule has 1 aromatic heterocycles. The van der Waals surface area contributed by atoms with Crippen molar-refractivity contribution in [3.63, 3.8) is 0 Å². The van der Waals surface area contributed by atoms with E-state index in [2.05, 4.69) is 4.57 Å². The van der Waals surface area contributed by atoms with E-state index in [1.54, 1.807) is 12.1 Å². The summed E-state index contributed by atoms with van der Waals surface area (Å²) in [7, 11) is 0. The van der Waals surface area contributed by atoms with E-state index in [0.29, 0.717) is 26.1 Å². The van der Waals surface area contributed by atoms with Gasteiger partial charge in [0.1, 0.15) is 11.6 Å². The van der Waals surface area contributed by atoms with Crippen LogP contribution in [-0.2, 0) is 17.9 Å². The maximum atomic E-state index is 13.3. The highest BCUT2D eigenvalue weighted by Crippen LogP contribution is 2.31. The van der Waals surface area contributed by atoms with Gasteiger partial charge in [-0.05, 0) is 35.4 Å². The van der Waals surface area contributed by atoms with Crippen LogP contribution in [0.2, 0.25) is 0 Å². The molecule has 0 saturated carbocycles. The number of fused-ring (bicyclic) bond motifs is 1. The second kappa shape index (κ2) is 7.75. The highest BCUT2D eigenvalue weighted by atomic mass is 19.1. The van der Waals surface area contributed by atoms with E-state index >= 15 is 0 Å². The Labute approximate surface area is 174 Å². The van der Waals surface area contributed by atoms with E-state index in [1.807, 2.05) is 59.5 Å². The summed E-state index contributed by atoms with van der Waals surface area (Å²) in [5, 5.41) is 0. The molecule has 3 aromatic carbocycles. The molecule has 0 aliphatic carbocycles. The predicted molar refractivity (Wildman–Crippen MR) is 114 cm³/mol. The van der Waals surface area contributed by atoms with Gasteiger partial charge >= 0.3 is 0 Å². The lowest BCUT2D eigenvalue weighted by Gasteiger charge is -2.17. The second-order valence-corrected chi connectivity index (χ2v) is 7.83. The van der Waals surface area contributed by atoms with Crippen LogP contribution in [0.3, 0.4) is 0 Å². The third-order valence-electron chi connectivity index (χ3n) is 5.73. The van der Waals surface area contributed by atoms with Crippen LogP contribution in [0.25, 0.3) is 11.0 Å². The molecular formula is C25H22FN3O. The molecule has 2 heterocycles. The van der Waals surface area contributed by atoms with Crippen molar-refractivity contribution in [1.29, 1.82) is 0 Å². The zero-order valence-electron chi connectivity index (χ0n) is 16.5. The molecule has 1 saturated heterocycles. The van der Waals surface area contributed by atoms with Gasteiger partial charge in [-0.25, -0.2) is 9.37 Å². The normalized spacial score (nSPS) is 16.5. The maximum absolute atomic E-state index is 13.3. The number of amides is 1. The summed E-state index contributed by atoms with van der Waals surface area (Å²) >= 11 is 0. The fraction of sp³-hybridized carbons (Fsp3) is 0.200. The number of carbonyl (C=O) groups excluding carboxylic acids is 1. The number of benzene rings is 3. The second-order valence-electron chi connectivity index (χ2n) is 7.83. The Bertz CT molecular complexity index is 1180. The number of carbonyl (C=O) groups is 1. The Morgan fingerprint density at radius 2 is 1.57 bits per heavy atom. The summed E-state index contributed by atoms with van der Waals surface area (Å²) < 4.78 is 15.5. The molecule has 0 spiro atoms. The van der Waals surface area contributed by atoms with Crippen LogP contribution in [-0.4, -0.2) is 26.9 Å². The molecule has 0 bridgehead atoms. The molecule has 1 atom stereocenters. The Morgan fingerprint density at radius 1 is 0.867 bits per heavy atom. The van der Waals surface area contributed by atoms with E-state index in [0.717, 1.165) is 28.0 Å². The maximum Gasteiger partial charge on any atom is 0.223 e. The summed E-state index contributed by atoms with van der Waals surface area (Å²) in [4.78, 5) is 19.5. The van der Waals surface area contributed by atoms with Gasteiger partial charge in [-0.2, -0.15) is 0 Å². The first-order valence-electron chi connectivity index (χ1n) is 10.2. The lowest BCUT2D eigenvalue weighted by molar-refractivity contribution is -0.128. The SMILES string of the molecule is O=C1C[C@H](c2nc3ccccc3n2Cc2ccc(F)cc2)CN1Cc1ccccc1. The minimum Gasteiger partial charge on any atom is -0.338 e. The largest absolute Gasteiger partial charge is 0.338 e. The monoisotopic (exact) mass is 399 g/mol. The highest BCUT2D eigenvalue weighted by Gasteiger charge is 2.34. The molecule has 0 unspecified atom stereocenters. The van der Waals surface area contributed by atoms with Crippen molar-refractivity contribution in [3.05, 3.63) is 102 Å². The highest BCUT2D eigenvalue weighted by molar-refractivity contribution is 5.81. The molecule has 4 aromatic rings. The Morgan fingerprint density at radius 3 is 2.37 bits per heavy atom. The third kappa shape index (κ3) is 3.59. The van der Waals surface area contributed by atoms with Gasteiger partial charge in [-0.3, -0.25) is 4.79 Å². The first-order valence-corrected chi connectivity index (χ1v) is 10.2. The Balaban J connectivity index is 1.46. The van der Waals surface area contributed by atoms with Gasteiger partial charge < -0.3 is 9.47 Å². The number of imidazole rings is 1. The van der Waals surface area contributed by atoms with E-state index < -0.39 is 0 Å². The number of aromatic nitrogens is 2. The average Bonchev–Trinajstić information content (AvgIpc) is 3.31. The third-order valence-corrected chi connectivity index (χ3v) is 5.73. The van der Waals surface area contributed by atoms with Gasteiger partial charge in [0.05, 0.1) is 11.0 Å². The summed E-state index contributed by atoms with van der Waals surface area (Å²) in [6.07, 6.45) is 0.458. The molecule has 1 aliphatic rings. The van der Waals surface area contributed by atoms with Gasteiger partial charge in [0.15, 0.2) is 0 Å². The average molecular weight is 399 g/mol. The van der Waals surface area contributed by atoms with Gasteiger partial charge in [-0.15, -0.1) is 0 Å². The molecule has 5 heteroatoms. The van der Waals surface area contributed by atoms with Crippen LogP contribution in [0.1, 0.15) is 29.3 Å². The number of nitrogens with zero attached hydrogens (tertiary/aromatic N) is 3. The molecule has 0 radical (unpaired) electrons. The van der Waals surface area contributed by atoms with Crippen LogP contribution in [0.15, 0.2) is 78.9 Å². The van der Waals surface area contributed by atoms with Crippen molar-refractivity contribution in [2.45, 2.75) is 25.4 Å². The van der Waals surface area contributed by atoms with E-state index in [9.17, 15) is 9.18 Å². The smallest absolute Gasteiger partial charge is 0.223 e. The fourth-order valence-electron chi connectivity index (χ4n) is 4.25. The van der Waals surface area contributed by atoms with Crippen LogP contribution < -0.4 is 0 Å². The van der Waals surface area contributed by atoms with E-state index in [-0.39, 0.29) is 17.6 Å². The molecule has 5 rings (SSSR count). The molecule has 0 N–H and O–H groups in total. The van der Waals surface area contributed by atoms with Crippen LogP contribution in [0.4, 0.5) is 4.39 Å². The number of likely N-dealkylation sites (tertiary alicyclic amines) is 1. The van der Waals surface area contributed by atoms with E-state index in [4.69, 9.17) is 4.98 Å². The topological polar surface area (TPSA) is 38.1 Å². The fourth-order valence-corrected chi connectivity index (χ4v) is 4.25. The van der Waals surface area contributed by atoms with Gasteiger partial charge in [0.25, 0.3) is 0 Å². The molecule has 4 nitrogen and oxygen atoms in total. The standard InChI is InChI=1S/C25H22FN3O/c26-21-12-10-19(11-13-21)16-29-23-9-5-4-8-22(23)27-25(29)20-14-24(30)28(17-20)15-18-6-2-1-3-7-18/h1-13,20H,14-17H2/t20-/m0/s1. The number of para-hydroxylation sites is 2.